The molecule has 1 heterocycles. The molecule has 3 rings (SSSR count). The van der Waals surface area contributed by atoms with Gasteiger partial charge in [-0.25, -0.2) is 14.2 Å². The summed E-state index contributed by atoms with van der Waals surface area (Å²) in [6, 6.07) is 3.93. The quantitative estimate of drug-likeness (QED) is 0.795. The highest BCUT2D eigenvalue weighted by Crippen LogP contribution is 2.43. The second-order valence-electron chi connectivity index (χ2n) is 4.85. The van der Waals surface area contributed by atoms with Gasteiger partial charge in [0.2, 0.25) is 11.7 Å². The van der Waals surface area contributed by atoms with E-state index in [0.29, 0.717) is 11.3 Å². The molecule has 1 aliphatic carbocycles. The lowest BCUT2D eigenvalue weighted by atomic mass is 10.2. The third kappa shape index (κ3) is 2.78. The van der Waals surface area contributed by atoms with Gasteiger partial charge in [0.15, 0.2) is 0 Å². The molecule has 0 radical (unpaired) electrons. The molecule has 0 saturated heterocycles. The largest absolute Gasteiger partial charge is 0.460 e. The molecule has 0 N–H and O–H groups in total. The molecule has 0 amide bonds. The van der Waals surface area contributed by atoms with Gasteiger partial charge in [-0.05, 0) is 38.0 Å². The predicted octanol–water partition coefficient (Wildman–Crippen LogP) is 4.19. The standard InChI is InChI=1S/C15H13ClFNO3/c1-2-20-15(19)13-12(8-3-4-8)18-14(21-13)10-6-5-9(17)7-11(10)16/h5-8H,2-4H2,1H3. The summed E-state index contributed by atoms with van der Waals surface area (Å²) in [5.74, 6) is -0.416. The van der Waals surface area contributed by atoms with Crippen LogP contribution < -0.4 is 0 Å². The lowest BCUT2D eigenvalue weighted by molar-refractivity contribution is 0.0489. The van der Waals surface area contributed by atoms with Crippen molar-refractivity contribution in [2.45, 2.75) is 25.7 Å². The minimum absolute atomic E-state index is 0.120. The molecular formula is C15H13ClFNO3. The number of carbonyl (C=O) groups is 1. The molecule has 0 atom stereocenters. The second-order valence-corrected chi connectivity index (χ2v) is 5.26. The summed E-state index contributed by atoms with van der Waals surface area (Å²) < 4.78 is 23.6. The van der Waals surface area contributed by atoms with E-state index in [1.165, 1.54) is 18.2 Å². The van der Waals surface area contributed by atoms with Gasteiger partial charge in [0.25, 0.3) is 0 Å². The minimum atomic E-state index is -0.531. The molecule has 2 aromatic rings. The molecule has 0 unspecified atom stereocenters. The fourth-order valence-electron chi connectivity index (χ4n) is 2.09. The molecule has 21 heavy (non-hydrogen) atoms. The van der Waals surface area contributed by atoms with Gasteiger partial charge in [-0.2, -0.15) is 0 Å². The van der Waals surface area contributed by atoms with E-state index in [1.54, 1.807) is 6.92 Å². The SMILES string of the molecule is CCOC(=O)c1oc(-c2ccc(F)cc2Cl)nc1C1CC1. The van der Waals surface area contributed by atoms with Gasteiger partial charge in [-0.15, -0.1) is 0 Å². The molecule has 110 valence electrons. The van der Waals surface area contributed by atoms with E-state index in [0.717, 1.165) is 12.8 Å². The fraction of sp³-hybridized carbons (Fsp3) is 0.333. The Hall–Kier alpha value is -1.88. The van der Waals surface area contributed by atoms with E-state index in [1.807, 2.05) is 0 Å². The molecule has 1 fully saturated rings. The Kier molecular flexibility index (Phi) is 3.68. The smallest absolute Gasteiger partial charge is 0.376 e. The van der Waals surface area contributed by atoms with Crippen LogP contribution in [0.4, 0.5) is 4.39 Å². The van der Waals surface area contributed by atoms with Crippen molar-refractivity contribution in [3.05, 3.63) is 40.5 Å². The van der Waals surface area contributed by atoms with Crippen LogP contribution in [0, 0.1) is 5.82 Å². The summed E-state index contributed by atoms with van der Waals surface area (Å²) >= 11 is 6.01. The number of hydrogen-bond acceptors (Lipinski definition) is 4. The minimum Gasteiger partial charge on any atom is -0.460 e. The molecular weight excluding hydrogens is 297 g/mol. The number of oxazole rings is 1. The normalized spacial score (nSPS) is 14.2. The van der Waals surface area contributed by atoms with Crippen molar-refractivity contribution in [3.8, 4) is 11.5 Å². The number of hydrogen-bond donors (Lipinski definition) is 0. The van der Waals surface area contributed by atoms with Crippen LogP contribution in [0.25, 0.3) is 11.5 Å². The van der Waals surface area contributed by atoms with Crippen molar-refractivity contribution in [1.29, 1.82) is 0 Å². The number of nitrogens with zero attached hydrogens (tertiary/aromatic N) is 1. The molecule has 0 spiro atoms. The summed E-state index contributed by atoms with van der Waals surface area (Å²) in [6.45, 7) is 1.99. The molecule has 1 aromatic carbocycles. The van der Waals surface area contributed by atoms with Crippen molar-refractivity contribution in [2.75, 3.05) is 6.61 Å². The van der Waals surface area contributed by atoms with E-state index in [-0.39, 0.29) is 29.2 Å². The molecule has 0 bridgehead atoms. The first-order chi connectivity index (χ1) is 10.1. The van der Waals surface area contributed by atoms with Crippen LogP contribution in [-0.4, -0.2) is 17.6 Å². The van der Waals surface area contributed by atoms with Gasteiger partial charge in [0.1, 0.15) is 5.82 Å². The zero-order valence-electron chi connectivity index (χ0n) is 11.4. The Labute approximate surface area is 125 Å². The average molecular weight is 310 g/mol. The second kappa shape index (κ2) is 5.48. The van der Waals surface area contributed by atoms with Crippen LogP contribution in [0.3, 0.4) is 0 Å². The highest BCUT2D eigenvalue weighted by Gasteiger charge is 2.34. The third-order valence-electron chi connectivity index (χ3n) is 3.24. The fourth-order valence-corrected chi connectivity index (χ4v) is 2.33. The van der Waals surface area contributed by atoms with Crippen molar-refractivity contribution in [2.24, 2.45) is 0 Å². The van der Waals surface area contributed by atoms with Gasteiger partial charge in [0, 0.05) is 5.92 Å². The Morgan fingerprint density at radius 3 is 2.90 bits per heavy atom. The number of esters is 1. The maximum atomic E-state index is 13.1. The van der Waals surface area contributed by atoms with Crippen molar-refractivity contribution in [1.82, 2.24) is 4.98 Å². The number of carbonyl (C=O) groups excluding carboxylic acids is 1. The summed E-state index contributed by atoms with van der Waals surface area (Å²) in [5.41, 5.74) is 1.05. The van der Waals surface area contributed by atoms with Gasteiger partial charge in [-0.1, -0.05) is 11.6 Å². The summed E-state index contributed by atoms with van der Waals surface area (Å²) in [7, 11) is 0. The van der Waals surface area contributed by atoms with E-state index in [2.05, 4.69) is 4.98 Å². The lowest BCUT2D eigenvalue weighted by Crippen LogP contribution is -2.05. The van der Waals surface area contributed by atoms with E-state index < -0.39 is 11.8 Å². The Bertz CT molecular complexity index is 694. The number of rotatable bonds is 4. The van der Waals surface area contributed by atoms with Crippen LogP contribution in [0.2, 0.25) is 5.02 Å². The van der Waals surface area contributed by atoms with E-state index in [4.69, 9.17) is 20.8 Å². The lowest BCUT2D eigenvalue weighted by Gasteiger charge is -2.00. The third-order valence-corrected chi connectivity index (χ3v) is 3.55. The number of benzene rings is 1. The Morgan fingerprint density at radius 2 is 2.29 bits per heavy atom. The molecule has 1 saturated carbocycles. The van der Waals surface area contributed by atoms with Gasteiger partial charge in [0.05, 0.1) is 22.9 Å². The van der Waals surface area contributed by atoms with Gasteiger partial charge >= 0.3 is 5.97 Å². The van der Waals surface area contributed by atoms with Gasteiger partial charge in [-0.3, -0.25) is 0 Å². The highest BCUT2D eigenvalue weighted by molar-refractivity contribution is 6.33. The molecule has 1 aliphatic rings. The van der Waals surface area contributed by atoms with E-state index in [9.17, 15) is 9.18 Å². The Morgan fingerprint density at radius 1 is 1.52 bits per heavy atom. The number of halogens is 2. The zero-order chi connectivity index (χ0) is 15.0. The number of ether oxygens (including phenoxy) is 1. The first-order valence-electron chi connectivity index (χ1n) is 6.73. The van der Waals surface area contributed by atoms with Crippen molar-refractivity contribution < 1.29 is 18.3 Å². The van der Waals surface area contributed by atoms with Crippen molar-refractivity contribution in [3.63, 3.8) is 0 Å². The maximum Gasteiger partial charge on any atom is 0.376 e. The molecule has 0 aliphatic heterocycles. The average Bonchev–Trinajstić information content (AvgIpc) is 3.19. The Balaban J connectivity index is 2.03. The monoisotopic (exact) mass is 309 g/mol. The highest BCUT2D eigenvalue weighted by atomic mass is 35.5. The first kappa shape index (κ1) is 14.1. The number of aromatic nitrogens is 1. The predicted molar refractivity (Wildman–Crippen MR) is 74.8 cm³/mol. The zero-order valence-corrected chi connectivity index (χ0v) is 12.1. The van der Waals surface area contributed by atoms with E-state index >= 15 is 0 Å². The summed E-state index contributed by atoms with van der Waals surface area (Å²) in [6.07, 6.45) is 1.94. The molecule has 6 heteroatoms. The van der Waals surface area contributed by atoms with Crippen LogP contribution >= 0.6 is 11.6 Å². The van der Waals surface area contributed by atoms with Gasteiger partial charge < -0.3 is 9.15 Å². The first-order valence-corrected chi connectivity index (χ1v) is 7.11. The van der Waals surface area contributed by atoms with Crippen molar-refractivity contribution >= 4 is 17.6 Å². The van der Waals surface area contributed by atoms with Crippen LogP contribution in [0.15, 0.2) is 22.6 Å². The molecule has 4 nitrogen and oxygen atoms in total. The molecule has 1 aromatic heterocycles. The maximum absolute atomic E-state index is 13.1. The van der Waals surface area contributed by atoms with Crippen LogP contribution in [0.1, 0.15) is 41.9 Å². The topological polar surface area (TPSA) is 52.3 Å². The van der Waals surface area contributed by atoms with Crippen LogP contribution in [0.5, 0.6) is 0 Å². The van der Waals surface area contributed by atoms with Crippen LogP contribution in [-0.2, 0) is 4.74 Å². The summed E-state index contributed by atoms with van der Waals surface area (Å²) in [4.78, 5) is 16.3. The summed E-state index contributed by atoms with van der Waals surface area (Å²) in [5, 5.41) is 0.189.